The predicted octanol–water partition coefficient (Wildman–Crippen LogP) is 1.58. The molecule has 1 saturated carbocycles. The minimum atomic E-state index is -0.587. The van der Waals surface area contributed by atoms with Gasteiger partial charge in [0.25, 0.3) is 0 Å². The van der Waals surface area contributed by atoms with Crippen LogP contribution >= 0.6 is 0 Å². The number of rotatable bonds is 2. The maximum Gasteiger partial charge on any atom is 0.308 e. The first-order chi connectivity index (χ1) is 6.70. The molecule has 0 radical (unpaired) electrons. The molecule has 3 nitrogen and oxygen atoms in total. The molecule has 1 aliphatic carbocycles. The number of aliphatic carboxylic acids is 1. The lowest BCUT2D eigenvalue weighted by atomic mass is 9.91. The highest BCUT2D eigenvalue weighted by atomic mass is 16.4. The van der Waals surface area contributed by atoms with Gasteiger partial charge in [-0.25, -0.2) is 0 Å². The van der Waals surface area contributed by atoms with Crippen LogP contribution in [0.25, 0.3) is 0 Å². The minimum Gasteiger partial charge on any atom is -0.481 e. The van der Waals surface area contributed by atoms with Gasteiger partial charge in [-0.2, -0.15) is 0 Å². The van der Waals surface area contributed by atoms with Gasteiger partial charge in [0.15, 0.2) is 0 Å². The monoisotopic (exact) mass is 197 g/mol. The van der Waals surface area contributed by atoms with Crippen LogP contribution in [0.3, 0.4) is 0 Å². The lowest BCUT2D eigenvalue weighted by Crippen LogP contribution is -2.41. The van der Waals surface area contributed by atoms with E-state index < -0.39 is 5.97 Å². The van der Waals surface area contributed by atoms with E-state index in [0.717, 1.165) is 25.8 Å². The second-order valence-corrected chi connectivity index (χ2v) is 4.75. The molecule has 0 bridgehead atoms. The molecule has 80 valence electrons. The van der Waals surface area contributed by atoms with Crippen molar-refractivity contribution in [3.8, 4) is 0 Å². The van der Waals surface area contributed by atoms with E-state index in [4.69, 9.17) is 0 Å². The summed E-state index contributed by atoms with van der Waals surface area (Å²) < 4.78 is 0. The number of carbonyl (C=O) groups is 1. The number of carboxylic acids is 1. The third-order valence-corrected chi connectivity index (χ3v) is 3.62. The third-order valence-electron chi connectivity index (χ3n) is 3.62. The van der Waals surface area contributed by atoms with Crippen LogP contribution in [-0.2, 0) is 4.79 Å². The standard InChI is InChI=1S/C11H19NO2/c1-12-7-3-2-4-9(11(13)14)10(12)8-5-6-8/h8-10H,2-7H2,1H3,(H,13,14). The Hall–Kier alpha value is -0.570. The summed E-state index contributed by atoms with van der Waals surface area (Å²) in [5.74, 6) is -0.0372. The average molecular weight is 197 g/mol. The highest BCUT2D eigenvalue weighted by Crippen LogP contribution is 2.41. The van der Waals surface area contributed by atoms with Gasteiger partial charge in [0, 0.05) is 6.04 Å². The lowest BCUT2D eigenvalue weighted by molar-refractivity contribution is -0.144. The van der Waals surface area contributed by atoms with Gasteiger partial charge in [0.05, 0.1) is 5.92 Å². The maximum atomic E-state index is 11.2. The van der Waals surface area contributed by atoms with E-state index in [9.17, 15) is 9.90 Å². The molecule has 2 aliphatic rings. The first kappa shape index (κ1) is 9.97. The van der Waals surface area contributed by atoms with Crippen molar-refractivity contribution in [1.82, 2.24) is 4.90 Å². The second kappa shape index (κ2) is 3.89. The van der Waals surface area contributed by atoms with Crippen molar-refractivity contribution in [3.05, 3.63) is 0 Å². The molecule has 0 aromatic carbocycles. The fourth-order valence-electron chi connectivity index (χ4n) is 2.75. The van der Waals surface area contributed by atoms with Crippen LogP contribution < -0.4 is 0 Å². The smallest absolute Gasteiger partial charge is 0.308 e. The Morgan fingerprint density at radius 3 is 2.57 bits per heavy atom. The predicted molar refractivity (Wildman–Crippen MR) is 54.1 cm³/mol. The van der Waals surface area contributed by atoms with Crippen molar-refractivity contribution in [2.24, 2.45) is 11.8 Å². The summed E-state index contributed by atoms with van der Waals surface area (Å²) in [5.41, 5.74) is 0. The molecule has 1 aliphatic heterocycles. The fraction of sp³-hybridized carbons (Fsp3) is 0.909. The summed E-state index contributed by atoms with van der Waals surface area (Å²) in [4.78, 5) is 13.4. The fourth-order valence-corrected chi connectivity index (χ4v) is 2.75. The summed E-state index contributed by atoms with van der Waals surface area (Å²) in [6.45, 7) is 1.07. The van der Waals surface area contributed by atoms with Crippen LogP contribution in [0.2, 0.25) is 0 Å². The molecule has 2 fully saturated rings. The Morgan fingerprint density at radius 1 is 1.29 bits per heavy atom. The van der Waals surface area contributed by atoms with E-state index in [-0.39, 0.29) is 5.92 Å². The molecule has 2 unspecified atom stereocenters. The number of carboxylic acid groups (broad SMARTS) is 1. The summed E-state index contributed by atoms with van der Waals surface area (Å²) in [7, 11) is 2.09. The minimum absolute atomic E-state index is 0.116. The van der Waals surface area contributed by atoms with Gasteiger partial charge in [-0.3, -0.25) is 4.79 Å². The summed E-state index contributed by atoms with van der Waals surface area (Å²) in [5, 5.41) is 9.20. The van der Waals surface area contributed by atoms with Crippen molar-refractivity contribution < 1.29 is 9.90 Å². The topological polar surface area (TPSA) is 40.5 Å². The van der Waals surface area contributed by atoms with E-state index in [2.05, 4.69) is 11.9 Å². The Balaban J connectivity index is 2.12. The highest BCUT2D eigenvalue weighted by Gasteiger charge is 2.42. The molecule has 0 spiro atoms. The normalized spacial score (nSPS) is 35.2. The van der Waals surface area contributed by atoms with E-state index in [0.29, 0.717) is 12.0 Å². The zero-order valence-corrected chi connectivity index (χ0v) is 8.78. The number of hydrogen-bond donors (Lipinski definition) is 1. The first-order valence-electron chi connectivity index (χ1n) is 5.63. The zero-order valence-electron chi connectivity index (χ0n) is 8.78. The van der Waals surface area contributed by atoms with Crippen LogP contribution in [0.15, 0.2) is 0 Å². The number of likely N-dealkylation sites (tertiary alicyclic amines) is 1. The Labute approximate surface area is 85.1 Å². The zero-order chi connectivity index (χ0) is 10.1. The molecular formula is C11H19NO2. The summed E-state index contributed by atoms with van der Waals surface area (Å²) in [6, 6.07) is 0.315. The van der Waals surface area contributed by atoms with E-state index in [1.807, 2.05) is 0 Å². The van der Waals surface area contributed by atoms with E-state index >= 15 is 0 Å². The molecule has 0 aromatic heterocycles. The number of nitrogens with zero attached hydrogens (tertiary/aromatic N) is 1. The second-order valence-electron chi connectivity index (χ2n) is 4.75. The van der Waals surface area contributed by atoms with Crippen LogP contribution in [0, 0.1) is 11.8 Å². The molecule has 2 atom stereocenters. The van der Waals surface area contributed by atoms with Crippen molar-refractivity contribution >= 4 is 5.97 Å². The van der Waals surface area contributed by atoms with E-state index in [1.54, 1.807) is 0 Å². The Morgan fingerprint density at radius 2 is 2.00 bits per heavy atom. The molecule has 1 saturated heterocycles. The molecule has 0 amide bonds. The molecule has 14 heavy (non-hydrogen) atoms. The lowest BCUT2D eigenvalue weighted by Gasteiger charge is -2.30. The van der Waals surface area contributed by atoms with Crippen LogP contribution in [0.5, 0.6) is 0 Å². The van der Waals surface area contributed by atoms with Gasteiger partial charge in [-0.15, -0.1) is 0 Å². The van der Waals surface area contributed by atoms with Gasteiger partial charge in [-0.1, -0.05) is 6.42 Å². The first-order valence-corrected chi connectivity index (χ1v) is 5.63. The SMILES string of the molecule is CN1CCCCC(C(=O)O)C1C1CC1. The largest absolute Gasteiger partial charge is 0.481 e. The van der Waals surface area contributed by atoms with Gasteiger partial charge in [0.2, 0.25) is 0 Å². The summed E-state index contributed by atoms with van der Waals surface area (Å²) >= 11 is 0. The Kier molecular flexibility index (Phi) is 2.77. The number of hydrogen-bond acceptors (Lipinski definition) is 2. The molecule has 1 N–H and O–H groups in total. The van der Waals surface area contributed by atoms with E-state index in [1.165, 1.54) is 12.8 Å². The van der Waals surface area contributed by atoms with Crippen LogP contribution in [0.4, 0.5) is 0 Å². The van der Waals surface area contributed by atoms with Crippen molar-refractivity contribution in [2.75, 3.05) is 13.6 Å². The maximum absolute atomic E-state index is 11.2. The average Bonchev–Trinajstić information content (AvgIpc) is 2.89. The molecule has 0 aromatic rings. The molecule has 2 rings (SSSR count). The quantitative estimate of drug-likeness (QED) is 0.730. The van der Waals surface area contributed by atoms with Crippen LogP contribution in [-0.4, -0.2) is 35.6 Å². The van der Waals surface area contributed by atoms with Gasteiger partial charge in [-0.05, 0) is 45.2 Å². The van der Waals surface area contributed by atoms with Crippen molar-refractivity contribution in [2.45, 2.75) is 38.1 Å². The van der Waals surface area contributed by atoms with Gasteiger partial charge >= 0.3 is 5.97 Å². The third kappa shape index (κ3) is 1.92. The van der Waals surface area contributed by atoms with Crippen molar-refractivity contribution in [1.29, 1.82) is 0 Å². The van der Waals surface area contributed by atoms with Crippen LogP contribution in [0.1, 0.15) is 32.1 Å². The Bertz CT molecular complexity index is 225. The molecule has 3 heteroatoms. The van der Waals surface area contributed by atoms with Gasteiger partial charge in [0.1, 0.15) is 0 Å². The van der Waals surface area contributed by atoms with Crippen molar-refractivity contribution in [3.63, 3.8) is 0 Å². The summed E-state index contributed by atoms with van der Waals surface area (Å²) in [6.07, 6.45) is 5.58. The highest BCUT2D eigenvalue weighted by molar-refractivity contribution is 5.71. The molecule has 1 heterocycles. The molecular weight excluding hydrogens is 178 g/mol. The van der Waals surface area contributed by atoms with Gasteiger partial charge < -0.3 is 10.0 Å².